The number of carbonyl (C=O) groups is 2. The van der Waals surface area contributed by atoms with E-state index in [-0.39, 0.29) is 19.1 Å². The van der Waals surface area contributed by atoms with Gasteiger partial charge in [0.15, 0.2) is 0 Å². The Balaban J connectivity index is 1.48. The molecule has 1 N–H and O–H groups in total. The van der Waals surface area contributed by atoms with Crippen molar-refractivity contribution in [3.8, 4) is 0 Å². The lowest BCUT2D eigenvalue weighted by Gasteiger charge is -2.45. The average molecular weight is 497 g/mol. The quantitative estimate of drug-likeness (QED) is 0.552. The Morgan fingerprint density at radius 1 is 1.11 bits per heavy atom. The van der Waals surface area contributed by atoms with Crippen molar-refractivity contribution >= 4 is 11.9 Å². The molecule has 194 valence electrons. The van der Waals surface area contributed by atoms with Crippen LogP contribution in [0.5, 0.6) is 0 Å². The van der Waals surface area contributed by atoms with Crippen LogP contribution in [0.25, 0.3) is 0 Å². The number of carboxylic acids is 1. The Bertz CT molecular complexity index is 894. The first-order valence-corrected chi connectivity index (χ1v) is 12.5. The molecule has 9 heteroatoms. The molecule has 0 spiro atoms. The molecule has 0 aromatic heterocycles. The largest absolute Gasteiger partial charge is 0.481 e. The van der Waals surface area contributed by atoms with Crippen LogP contribution < -0.4 is 0 Å². The van der Waals surface area contributed by atoms with Gasteiger partial charge in [-0.3, -0.25) is 9.59 Å². The van der Waals surface area contributed by atoms with Crippen LogP contribution in [0.4, 0.5) is 13.2 Å². The molecule has 4 rings (SSSR count). The van der Waals surface area contributed by atoms with Gasteiger partial charge in [0.2, 0.25) is 0 Å². The first-order chi connectivity index (χ1) is 16.6. The van der Waals surface area contributed by atoms with E-state index in [1.807, 2.05) is 30.3 Å². The maximum absolute atomic E-state index is 13.6. The van der Waals surface area contributed by atoms with E-state index in [1.165, 1.54) is 7.11 Å². The molecule has 1 heterocycles. The minimum Gasteiger partial charge on any atom is -0.481 e. The van der Waals surface area contributed by atoms with Crippen LogP contribution in [0.1, 0.15) is 56.4 Å². The summed E-state index contributed by atoms with van der Waals surface area (Å²) in [5.74, 6) is -2.64. The molecule has 2 aliphatic carbocycles. The fourth-order valence-electron chi connectivity index (χ4n) is 6.21. The molecule has 1 aromatic rings. The number of hydrogen-bond donors (Lipinski definition) is 1. The van der Waals surface area contributed by atoms with E-state index >= 15 is 0 Å². The summed E-state index contributed by atoms with van der Waals surface area (Å²) in [5.41, 5.74) is -0.373. The predicted molar refractivity (Wildman–Crippen MR) is 124 cm³/mol. The van der Waals surface area contributed by atoms with Crippen molar-refractivity contribution in [3.63, 3.8) is 0 Å². The normalized spacial score (nSPS) is 25.8. The monoisotopic (exact) mass is 496 g/mol. The third-order valence-corrected chi connectivity index (χ3v) is 8.30. The molecule has 6 nitrogen and oxygen atoms in total. The number of methoxy groups -OCH3 is 1. The Labute approximate surface area is 204 Å². The highest BCUT2D eigenvalue weighted by Crippen LogP contribution is 2.48. The molecule has 35 heavy (non-hydrogen) atoms. The zero-order valence-corrected chi connectivity index (χ0v) is 20.2. The third-order valence-electron chi connectivity index (χ3n) is 8.30. The zero-order chi connectivity index (χ0) is 25.3. The highest BCUT2D eigenvalue weighted by atomic mass is 19.4. The number of nitrogens with zero attached hydrogens (tertiary/aromatic N) is 2. The lowest BCUT2D eigenvalue weighted by molar-refractivity contribution is -0.188. The van der Waals surface area contributed by atoms with E-state index in [2.05, 4.69) is 4.90 Å². The Hall–Kier alpha value is -2.13. The highest BCUT2D eigenvalue weighted by molar-refractivity contribution is 5.82. The highest BCUT2D eigenvalue weighted by Gasteiger charge is 2.54. The van der Waals surface area contributed by atoms with Crippen molar-refractivity contribution in [2.24, 2.45) is 10.8 Å². The summed E-state index contributed by atoms with van der Waals surface area (Å²) in [6.45, 7) is 1.88. The Kier molecular flexibility index (Phi) is 7.48. The van der Waals surface area contributed by atoms with E-state index in [1.54, 1.807) is 0 Å². The van der Waals surface area contributed by atoms with Crippen molar-refractivity contribution in [2.45, 2.75) is 63.1 Å². The summed E-state index contributed by atoms with van der Waals surface area (Å²) in [7, 11) is 1.53. The van der Waals surface area contributed by atoms with Gasteiger partial charge in [-0.25, -0.2) is 0 Å². The van der Waals surface area contributed by atoms with Crippen LogP contribution in [0, 0.1) is 10.8 Å². The number of amides is 1. The van der Waals surface area contributed by atoms with Crippen LogP contribution in [0.3, 0.4) is 0 Å². The molecular weight excluding hydrogens is 461 g/mol. The number of alkyl halides is 3. The van der Waals surface area contributed by atoms with Gasteiger partial charge in [0.05, 0.1) is 12.0 Å². The number of likely N-dealkylation sites (tertiary alicyclic amines) is 1. The average Bonchev–Trinajstić information content (AvgIpc) is 3.48. The summed E-state index contributed by atoms with van der Waals surface area (Å²) >= 11 is 0. The van der Waals surface area contributed by atoms with Crippen molar-refractivity contribution in [1.82, 2.24) is 9.80 Å². The molecule has 2 saturated carbocycles. The summed E-state index contributed by atoms with van der Waals surface area (Å²) in [5, 5.41) is 9.83. The van der Waals surface area contributed by atoms with E-state index in [0.717, 1.165) is 23.3 Å². The Morgan fingerprint density at radius 3 is 2.29 bits per heavy atom. The summed E-state index contributed by atoms with van der Waals surface area (Å²) in [4.78, 5) is 27.7. The standard InChI is InChI=1S/C26H35F3N2O4/c1-35-18-24(11-13-30(14-12-24)17-25(23(33)34)9-5-6-10-25)16-31(22(32)26(27,28)29)21-15-20(21)19-7-3-2-4-8-19/h2-4,7-8,20-21H,5-6,9-18H2,1H3,(H,33,34)/t20?,21-/m1/s1. The minimum absolute atomic E-state index is 0.00883. The smallest absolute Gasteiger partial charge is 0.471 e. The number of halogens is 3. The van der Waals surface area contributed by atoms with E-state index in [0.29, 0.717) is 51.7 Å². The SMILES string of the molecule is COCC1(CN(C(=O)C(F)(F)F)[C@@H]2CC2c2ccccc2)CCN(CC2(C(=O)O)CCCC2)CC1. The second-order valence-corrected chi connectivity index (χ2v) is 10.8. The second-order valence-electron chi connectivity index (χ2n) is 10.8. The molecule has 1 unspecified atom stereocenters. The van der Waals surface area contributed by atoms with Gasteiger partial charge in [-0.1, -0.05) is 43.2 Å². The molecule has 0 bridgehead atoms. The lowest BCUT2D eigenvalue weighted by atomic mass is 9.77. The molecule has 1 saturated heterocycles. The maximum atomic E-state index is 13.6. The minimum atomic E-state index is -4.94. The number of carbonyl (C=O) groups excluding carboxylic acids is 1. The van der Waals surface area contributed by atoms with Gasteiger partial charge in [-0.15, -0.1) is 0 Å². The van der Waals surface area contributed by atoms with Crippen LogP contribution in [-0.4, -0.2) is 78.9 Å². The van der Waals surface area contributed by atoms with Crippen molar-refractivity contribution < 1.29 is 32.6 Å². The van der Waals surface area contributed by atoms with Gasteiger partial charge in [0, 0.05) is 37.6 Å². The number of aliphatic carboxylic acids is 1. The number of rotatable bonds is 9. The van der Waals surface area contributed by atoms with Gasteiger partial charge in [-0.2, -0.15) is 13.2 Å². The second kappa shape index (κ2) is 10.1. The van der Waals surface area contributed by atoms with E-state index in [9.17, 15) is 27.9 Å². The van der Waals surface area contributed by atoms with E-state index < -0.39 is 34.9 Å². The van der Waals surface area contributed by atoms with Gasteiger partial charge >= 0.3 is 18.1 Å². The molecule has 0 radical (unpaired) electrons. The number of carboxylic acid groups (broad SMARTS) is 1. The van der Waals surface area contributed by atoms with E-state index in [4.69, 9.17) is 4.74 Å². The van der Waals surface area contributed by atoms with Gasteiger partial charge < -0.3 is 19.6 Å². The Morgan fingerprint density at radius 2 is 1.74 bits per heavy atom. The maximum Gasteiger partial charge on any atom is 0.471 e. The fraction of sp³-hybridized carbons (Fsp3) is 0.692. The predicted octanol–water partition coefficient (Wildman–Crippen LogP) is 4.31. The zero-order valence-electron chi connectivity index (χ0n) is 20.2. The topological polar surface area (TPSA) is 70.1 Å². The summed E-state index contributed by atoms with van der Waals surface area (Å²) in [6, 6.07) is 8.89. The molecule has 2 atom stereocenters. The van der Waals surface area contributed by atoms with Crippen molar-refractivity contribution in [2.75, 3.05) is 39.9 Å². The summed E-state index contributed by atoms with van der Waals surface area (Å²) in [6.07, 6.45) is -0.158. The number of benzene rings is 1. The fourth-order valence-corrected chi connectivity index (χ4v) is 6.21. The van der Waals surface area contributed by atoms with Crippen molar-refractivity contribution in [1.29, 1.82) is 0 Å². The molecule has 3 fully saturated rings. The van der Waals surface area contributed by atoms with Crippen LogP contribution in [0.2, 0.25) is 0 Å². The van der Waals surface area contributed by atoms with Gasteiger partial charge in [-0.05, 0) is 50.8 Å². The van der Waals surface area contributed by atoms with Gasteiger partial charge in [0.25, 0.3) is 0 Å². The van der Waals surface area contributed by atoms with Crippen LogP contribution in [-0.2, 0) is 14.3 Å². The van der Waals surface area contributed by atoms with Crippen LogP contribution >= 0.6 is 0 Å². The first-order valence-electron chi connectivity index (χ1n) is 12.5. The number of hydrogen-bond acceptors (Lipinski definition) is 4. The van der Waals surface area contributed by atoms with Gasteiger partial charge in [0.1, 0.15) is 0 Å². The molecule has 1 aliphatic heterocycles. The first kappa shape index (κ1) is 25.9. The lowest BCUT2D eigenvalue weighted by Crippen LogP contribution is -2.54. The number of piperidine rings is 1. The molecule has 1 aromatic carbocycles. The summed E-state index contributed by atoms with van der Waals surface area (Å²) < 4.78 is 46.3. The molecule has 1 amide bonds. The molecular formula is C26H35F3N2O4. The van der Waals surface area contributed by atoms with Crippen LogP contribution in [0.15, 0.2) is 30.3 Å². The number of ether oxygens (including phenoxy) is 1. The molecule has 3 aliphatic rings. The third kappa shape index (κ3) is 5.66. The van der Waals surface area contributed by atoms with Crippen molar-refractivity contribution in [3.05, 3.63) is 35.9 Å².